The number of allylic oxidation sites excluding steroid dienone is 2. The molecule has 0 atom stereocenters. The molecule has 1 aromatic heterocycles. The normalized spacial score (nSPS) is 15.4. The van der Waals surface area contributed by atoms with Crippen LogP contribution in [-0.2, 0) is 35.2 Å². The zero-order valence-electron chi connectivity index (χ0n) is 23.1. The summed E-state index contributed by atoms with van der Waals surface area (Å²) in [4.78, 5) is 7.94. The van der Waals surface area contributed by atoms with Crippen molar-refractivity contribution in [1.82, 2.24) is 4.57 Å². The standard InChI is InChI=1S/C27H25F9N4O3S/c1-37-19-10-8-17(26(31,32)33)14-21(19)39(12-3-4-13-42-43-44-41)23(37)6-5-7-24-38(2)20-11-9-18(27(34,35)36)15-22(20)40(24)16-25(28,29)30/h5-11,14-15H,3-4,12-13,16H2,1-2H3/p+1. The molecule has 17 heteroatoms. The Morgan fingerprint density at radius 3 is 2.20 bits per heavy atom. The van der Waals surface area contributed by atoms with Crippen LogP contribution in [0.4, 0.5) is 50.9 Å². The lowest BCUT2D eigenvalue weighted by Gasteiger charge is -2.23. The van der Waals surface area contributed by atoms with Crippen molar-refractivity contribution in [1.29, 1.82) is 0 Å². The highest BCUT2D eigenvalue weighted by molar-refractivity contribution is 7.88. The summed E-state index contributed by atoms with van der Waals surface area (Å²) in [7, 11) is 3.03. The summed E-state index contributed by atoms with van der Waals surface area (Å²) in [5.74, 6) is 0.343. The molecule has 1 aliphatic heterocycles. The van der Waals surface area contributed by atoms with Gasteiger partial charge in [0.25, 0.3) is 5.82 Å². The van der Waals surface area contributed by atoms with Gasteiger partial charge in [-0.1, -0.05) is 6.08 Å². The molecule has 0 aliphatic carbocycles. The molecule has 0 bridgehead atoms. The Labute approximate surface area is 249 Å². The topological polar surface area (TPSA) is 54.0 Å². The number of fused-ring (bicyclic) bond motifs is 2. The maximum absolute atomic E-state index is 13.5. The highest BCUT2D eigenvalue weighted by atomic mass is 32.2. The van der Waals surface area contributed by atoms with Crippen molar-refractivity contribution < 1.29 is 57.9 Å². The van der Waals surface area contributed by atoms with Gasteiger partial charge in [-0.05, 0) is 49.2 Å². The van der Waals surface area contributed by atoms with Gasteiger partial charge in [0.15, 0.2) is 29.9 Å². The van der Waals surface area contributed by atoms with Crippen LogP contribution in [0.15, 0.2) is 54.4 Å². The number of hydrogen-bond acceptors (Lipinski definition) is 6. The van der Waals surface area contributed by atoms with Gasteiger partial charge in [0, 0.05) is 25.7 Å². The SMILES string of the molecule is CN1C(=CC=Cc2n(CC(F)(F)F)c3cc(C(F)(F)F)ccc3[n+]2C)N(CCCCOOSO)c2cc(C(F)(F)F)ccc21. The average Bonchev–Trinajstić information content (AvgIpc) is 3.34. The minimum absolute atomic E-state index is 0.0168. The lowest BCUT2D eigenvalue weighted by atomic mass is 10.1. The Bertz CT molecular complexity index is 1550. The van der Waals surface area contributed by atoms with Crippen molar-refractivity contribution in [2.75, 3.05) is 30.0 Å². The van der Waals surface area contributed by atoms with Crippen LogP contribution in [0.3, 0.4) is 0 Å². The van der Waals surface area contributed by atoms with Crippen LogP contribution in [0.2, 0.25) is 0 Å². The van der Waals surface area contributed by atoms with E-state index in [-0.39, 0.29) is 48.0 Å². The molecule has 2 heterocycles. The monoisotopic (exact) mass is 657 g/mol. The zero-order chi connectivity index (χ0) is 32.4. The molecule has 1 N–H and O–H groups in total. The van der Waals surface area contributed by atoms with Gasteiger partial charge >= 0.3 is 18.5 Å². The summed E-state index contributed by atoms with van der Waals surface area (Å²) in [6.45, 7) is -1.25. The van der Waals surface area contributed by atoms with E-state index in [4.69, 9.17) is 9.44 Å². The van der Waals surface area contributed by atoms with E-state index in [2.05, 4.69) is 4.33 Å². The van der Waals surface area contributed by atoms with Gasteiger partial charge in [-0.25, -0.2) is 14.0 Å². The lowest BCUT2D eigenvalue weighted by molar-refractivity contribution is -0.647. The molecular weight excluding hydrogens is 631 g/mol. The molecule has 4 rings (SSSR count). The Morgan fingerprint density at radius 2 is 1.57 bits per heavy atom. The van der Waals surface area contributed by atoms with E-state index in [1.165, 1.54) is 35.9 Å². The summed E-state index contributed by atoms with van der Waals surface area (Å²) in [5, 5.41) is 0. The van der Waals surface area contributed by atoms with Crippen LogP contribution >= 0.6 is 12.3 Å². The molecule has 0 saturated carbocycles. The Hall–Kier alpha value is -3.41. The Morgan fingerprint density at radius 1 is 0.909 bits per heavy atom. The number of nitrogens with zero attached hydrogens (tertiary/aromatic N) is 4. The maximum atomic E-state index is 13.5. The Balaban J connectivity index is 1.73. The summed E-state index contributed by atoms with van der Waals surface area (Å²) >= 11 is 0.0168. The predicted octanol–water partition coefficient (Wildman–Crippen LogP) is 7.73. The van der Waals surface area contributed by atoms with Crippen molar-refractivity contribution in [3.8, 4) is 0 Å². The second-order valence-corrected chi connectivity index (χ2v) is 10.1. The lowest BCUT2D eigenvalue weighted by Crippen LogP contribution is -2.32. The zero-order valence-corrected chi connectivity index (χ0v) is 23.9. The van der Waals surface area contributed by atoms with Crippen molar-refractivity contribution >= 4 is 40.8 Å². The summed E-state index contributed by atoms with van der Waals surface area (Å²) in [6, 6.07) is 5.78. The largest absolute Gasteiger partial charge is 0.426 e. The minimum Gasteiger partial charge on any atom is -0.329 e. The first kappa shape index (κ1) is 33.5. The van der Waals surface area contributed by atoms with Crippen LogP contribution in [0, 0.1) is 0 Å². The number of imidazole rings is 1. The summed E-state index contributed by atoms with van der Waals surface area (Å²) < 4.78 is 136. The van der Waals surface area contributed by atoms with E-state index in [1.54, 1.807) is 16.8 Å². The van der Waals surface area contributed by atoms with Gasteiger partial charge in [0.1, 0.15) is 5.82 Å². The molecule has 44 heavy (non-hydrogen) atoms. The summed E-state index contributed by atoms with van der Waals surface area (Å²) in [6.07, 6.45) is -9.13. The van der Waals surface area contributed by atoms with Crippen molar-refractivity contribution in [2.45, 2.75) is 37.9 Å². The number of aromatic nitrogens is 2. The number of rotatable bonds is 10. The third-order valence-electron chi connectivity index (χ3n) is 6.92. The molecule has 0 saturated heterocycles. The molecule has 0 unspecified atom stereocenters. The third kappa shape index (κ3) is 7.44. The van der Waals surface area contributed by atoms with Gasteiger partial charge < -0.3 is 14.4 Å². The van der Waals surface area contributed by atoms with Crippen molar-refractivity contribution in [2.24, 2.45) is 7.05 Å². The molecule has 0 radical (unpaired) electrons. The number of benzene rings is 2. The number of aryl methyl sites for hydroxylation is 1. The van der Waals surface area contributed by atoms with Crippen molar-refractivity contribution in [3.05, 3.63) is 71.3 Å². The predicted molar refractivity (Wildman–Crippen MR) is 145 cm³/mol. The van der Waals surface area contributed by atoms with E-state index in [0.29, 0.717) is 30.4 Å². The van der Waals surface area contributed by atoms with E-state index in [0.717, 1.165) is 28.8 Å². The number of unbranched alkanes of at least 4 members (excludes halogenated alkanes) is 1. The van der Waals surface area contributed by atoms with E-state index in [1.807, 2.05) is 0 Å². The first-order chi connectivity index (χ1) is 20.5. The molecule has 0 amide bonds. The fourth-order valence-electron chi connectivity index (χ4n) is 4.95. The quantitative estimate of drug-likeness (QED) is 0.0602. The highest BCUT2D eigenvalue weighted by Crippen LogP contribution is 2.44. The van der Waals surface area contributed by atoms with Gasteiger partial charge in [0.2, 0.25) is 0 Å². The number of anilines is 2. The molecule has 7 nitrogen and oxygen atoms in total. The van der Waals surface area contributed by atoms with Crippen molar-refractivity contribution in [3.63, 3.8) is 0 Å². The third-order valence-corrected chi connectivity index (χ3v) is 7.07. The minimum atomic E-state index is -4.77. The van der Waals surface area contributed by atoms with Gasteiger partial charge in [-0.3, -0.25) is 0 Å². The van der Waals surface area contributed by atoms with Gasteiger partial charge in [-0.15, -0.1) is 4.33 Å². The van der Waals surface area contributed by atoms with Crippen LogP contribution < -0.4 is 14.4 Å². The van der Waals surface area contributed by atoms with Crippen LogP contribution in [0.5, 0.6) is 0 Å². The first-order valence-electron chi connectivity index (χ1n) is 12.9. The average molecular weight is 658 g/mol. The smallest absolute Gasteiger partial charge is 0.329 e. The van der Waals surface area contributed by atoms with E-state index in [9.17, 15) is 39.5 Å². The fraction of sp³-hybridized carbons (Fsp3) is 0.370. The first-order valence-corrected chi connectivity index (χ1v) is 13.6. The van der Waals surface area contributed by atoms with Crippen LogP contribution in [-0.4, -0.2) is 35.5 Å². The number of alkyl halides is 9. The second kappa shape index (κ2) is 12.9. The van der Waals surface area contributed by atoms with Gasteiger partial charge in [0.05, 0.1) is 36.2 Å². The van der Waals surface area contributed by atoms with E-state index >= 15 is 0 Å². The molecule has 3 aromatic rings. The molecule has 1 aliphatic rings. The molecule has 0 fully saturated rings. The van der Waals surface area contributed by atoms with Crippen LogP contribution in [0.1, 0.15) is 29.8 Å². The molecule has 240 valence electrons. The molecule has 2 aromatic carbocycles. The van der Waals surface area contributed by atoms with E-state index < -0.39 is 36.2 Å². The molecular formula is C27H26F9N4O3S+. The second-order valence-electron chi connectivity index (χ2n) is 9.79. The summed E-state index contributed by atoms with van der Waals surface area (Å²) in [5.41, 5.74) is -1.41. The Kier molecular flexibility index (Phi) is 9.82. The highest BCUT2D eigenvalue weighted by Gasteiger charge is 2.38. The fourth-order valence-corrected chi connectivity index (χ4v) is 5.06. The maximum Gasteiger partial charge on any atom is 0.426 e. The number of halogens is 9. The number of hydrogen-bond donors (Lipinski definition) is 1. The van der Waals surface area contributed by atoms with Gasteiger partial charge in [-0.2, -0.15) is 39.5 Å². The van der Waals surface area contributed by atoms with Crippen LogP contribution in [0.25, 0.3) is 17.1 Å². The molecule has 0 spiro atoms.